The van der Waals surface area contributed by atoms with Crippen molar-refractivity contribution in [3.05, 3.63) is 147 Å². The average Bonchev–Trinajstić information content (AvgIpc) is 3.81. The lowest BCUT2D eigenvalue weighted by Crippen LogP contribution is -2.22. The second-order valence-corrected chi connectivity index (χ2v) is 14.1. The number of hydrogen-bond donors (Lipinski definition) is 2. The van der Waals surface area contributed by atoms with Crippen molar-refractivity contribution in [3.8, 4) is 23.3 Å². The zero-order valence-electron chi connectivity index (χ0n) is 29.6. The summed E-state index contributed by atoms with van der Waals surface area (Å²) in [4.78, 5) is 17.0. The molecule has 0 aliphatic rings. The zero-order valence-corrected chi connectivity index (χ0v) is 32.8. The minimum Gasteiger partial charge on any atom is -0.372 e. The third kappa shape index (κ3) is 8.73. The van der Waals surface area contributed by atoms with Crippen LogP contribution in [0.5, 0.6) is 0 Å². The Labute approximate surface area is 332 Å². The van der Waals surface area contributed by atoms with Crippen molar-refractivity contribution < 1.29 is 13.2 Å². The first-order chi connectivity index (χ1) is 26.5. The molecule has 4 heterocycles. The van der Waals surface area contributed by atoms with E-state index in [0.29, 0.717) is 27.8 Å². The third-order valence-corrected chi connectivity index (χ3v) is 10.0. The van der Waals surface area contributed by atoms with Crippen molar-refractivity contribution in [3.63, 3.8) is 0 Å². The summed E-state index contributed by atoms with van der Waals surface area (Å²) in [7, 11) is 0. The molecule has 0 unspecified atom stereocenters. The van der Waals surface area contributed by atoms with Gasteiger partial charge in [0.1, 0.15) is 0 Å². The summed E-state index contributed by atoms with van der Waals surface area (Å²) in [6, 6.07) is 25.0. The van der Waals surface area contributed by atoms with Crippen LogP contribution in [-0.4, -0.2) is 33.0 Å². The van der Waals surface area contributed by atoms with Gasteiger partial charge in [-0.25, -0.2) is 0 Å². The molecule has 0 amide bonds. The van der Waals surface area contributed by atoms with Crippen LogP contribution in [0, 0.1) is 22.7 Å². The fourth-order valence-electron chi connectivity index (χ4n) is 6.27. The molecule has 0 saturated heterocycles. The number of nitrogens with one attached hydrogen (secondary N) is 2. The number of halogens is 5. The molecule has 2 N–H and O–H groups in total. The summed E-state index contributed by atoms with van der Waals surface area (Å²) in [6.45, 7) is 6.06. The van der Waals surface area contributed by atoms with Crippen molar-refractivity contribution in [1.29, 1.82) is 10.5 Å². The molecule has 0 fully saturated rings. The second-order valence-electron chi connectivity index (χ2n) is 12.3. The molecule has 7 aromatic rings. The van der Waals surface area contributed by atoms with E-state index in [2.05, 4.69) is 82.7 Å². The number of benzene rings is 3. The fraction of sp³-hybridized carbons (Fsp3) is 0.116. The molecule has 0 spiro atoms. The minimum absolute atomic E-state index is 0.417. The maximum atomic E-state index is 12.9. The smallest absolute Gasteiger partial charge is 0.372 e. The molecular weight excluding hydrogens is 831 g/mol. The van der Waals surface area contributed by atoms with E-state index >= 15 is 0 Å². The summed E-state index contributed by atoms with van der Waals surface area (Å²) < 4.78 is 40.5. The lowest BCUT2D eigenvalue weighted by molar-refractivity contribution is -0.137. The number of allylic oxidation sites excluding steroid dienone is 2. The van der Waals surface area contributed by atoms with Gasteiger partial charge in [0.05, 0.1) is 28.8 Å². The van der Waals surface area contributed by atoms with E-state index in [4.69, 9.17) is 0 Å². The third-order valence-electron chi connectivity index (χ3n) is 9.02. The maximum Gasteiger partial charge on any atom is 0.416 e. The van der Waals surface area contributed by atoms with Gasteiger partial charge in [0.25, 0.3) is 0 Å². The molecule has 0 bridgehead atoms. The van der Waals surface area contributed by atoms with Crippen LogP contribution in [0.1, 0.15) is 41.7 Å². The van der Waals surface area contributed by atoms with Crippen LogP contribution in [0.4, 0.5) is 18.9 Å². The lowest BCUT2D eigenvalue weighted by Gasteiger charge is -2.22. The van der Waals surface area contributed by atoms with Crippen LogP contribution >= 0.6 is 31.9 Å². The maximum absolute atomic E-state index is 12.9. The normalized spacial score (nSPS) is 11.9. The first-order valence-electron chi connectivity index (χ1n) is 17.1. The number of pyridine rings is 2. The number of nitrogens with zero attached hydrogens (tertiary/aromatic N) is 5. The molecule has 55 heavy (non-hydrogen) atoms. The predicted molar refractivity (Wildman–Crippen MR) is 221 cm³/mol. The number of nitriles is 2. The Bertz CT molecular complexity index is 2620. The van der Waals surface area contributed by atoms with E-state index < -0.39 is 11.7 Å². The van der Waals surface area contributed by atoms with Crippen LogP contribution in [-0.2, 0) is 6.18 Å². The highest BCUT2D eigenvalue weighted by Crippen LogP contribution is 2.35. The van der Waals surface area contributed by atoms with Crippen LogP contribution in [0.2, 0.25) is 0 Å². The van der Waals surface area contributed by atoms with Gasteiger partial charge in [0.2, 0.25) is 0 Å². The SMILES string of the molecule is CCN(CC)c1ccncc1/C=C(\C#N)c1c[nH]c2ccc(Br)cc12.N#C/C(=C\c1cnccc1-c1ccc(C(F)(F)F)cc1)c1c[nH]c2ccc(Br)cc12. The number of aromatic amines is 2. The standard InChI is InChI=1S/C23H13BrF3N3.C20H19BrN4/c24-18-5-6-22-20(10-18)21(13-30-22)15(11-28)9-16-12-29-8-7-19(16)14-1-3-17(4-2-14)23(25,26)27;1-3-25(4-2)20-7-8-23-12-15(20)9-14(11-22)18-13-24-19-6-5-16(21)10-17(18)19/h1-10,12-13,30H;5-10,12-13,24H,3-4H2,1-2H3/b15-9+;14-9+. The highest BCUT2D eigenvalue weighted by atomic mass is 79.9. The van der Waals surface area contributed by atoms with Crippen LogP contribution in [0.15, 0.2) is 119 Å². The molecule has 12 heteroatoms. The summed E-state index contributed by atoms with van der Waals surface area (Å²) in [5.41, 5.74) is 7.83. The van der Waals surface area contributed by atoms with Crippen molar-refractivity contribution in [2.75, 3.05) is 18.0 Å². The highest BCUT2D eigenvalue weighted by molar-refractivity contribution is 9.10. The van der Waals surface area contributed by atoms with Crippen LogP contribution in [0.25, 0.3) is 56.2 Å². The average molecular weight is 864 g/mol. The topological polar surface area (TPSA) is 108 Å². The van der Waals surface area contributed by atoms with Crippen molar-refractivity contribution >= 4 is 82.7 Å². The predicted octanol–water partition coefficient (Wildman–Crippen LogP) is 12.3. The first kappa shape index (κ1) is 38.8. The van der Waals surface area contributed by atoms with Crippen LogP contribution in [0.3, 0.4) is 0 Å². The minimum atomic E-state index is -4.39. The summed E-state index contributed by atoms with van der Waals surface area (Å²) >= 11 is 6.95. The number of alkyl halides is 3. The summed E-state index contributed by atoms with van der Waals surface area (Å²) in [5.74, 6) is 0. The van der Waals surface area contributed by atoms with E-state index in [-0.39, 0.29) is 0 Å². The van der Waals surface area contributed by atoms with Gasteiger partial charge in [0, 0.05) is 109 Å². The number of H-pyrrole nitrogens is 2. The van der Waals surface area contributed by atoms with Gasteiger partial charge in [-0.3, -0.25) is 9.97 Å². The number of anilines is 1. The van der Waals surface area contributed by atoms with Gasteiger partial charge < -0.3 is 14.9 Å². The molecule has 0 aliphatic carbocycles. The van der Waals surface area contributed by atoms with E-state index in [1.54, 1.807) is 36.9 Å². The van der Waals surface area contributed by atoms with Gasteiger partial charge in [-0.15, -0.1) is 0 Å². The molecule has 4 aromatic heterocycles. The molecule has 3 aromatic carbocycles. The zero-order chi connectivity index (χ0) is 39.1. The van der Waals surface area contributed by atoms with E-state index in [1.165, 1.54) is 12.1 Å². The second kappa shape index (κ2) is 17.0. The van der Waals surface area contributed by atoms with Crippen LogP contribution < -0.4 is 4.90 Å². The van der Waals surface area contributed by atoms with Gasteiger partial charge >= 0.3 is 6.18 Å². The molecule has 7 rings (SSSR count). The fourth-order valence-corrected chi connectivity index (χ4v) is 6.99. The number of aromatic nitrogens is 4. The van der Waals surface area contributed by atoms with Gasteiger partial charge in [-0.2, -0.15) is 23.7 Å². The summed E-state index contributed by atoms with van der Waals surface area (Å²) in [5, 5.41) is 21.4. The number of rotatable bonds is 8. The van der Waals surface area contributed by atoms with Crippen molar-refractivity contribution in [2.45, 2.75) is 20.0 Å². The molecule has 0 saturated carbocycles. The molecule has 0 radical (unpaired) electrons. The van der Waals surface area contributed by atoms with Gasteiger partial charge in [0.15, 0.2) is 0 Å². The molecule has 0 aliphatic heterocycles. The van der Waals surface area contributed by atoms with Gasteiger partial charge in [-0.05, 0) is 97.8 Å². The Morgan fingerprint density at radius 3 is 1.75 bits per heavy atom. The Hall–Kier alpha value is -5.95. The van der Waals surface area contributed by atoms with Gasteiger partial charge in [-0.1, -0.05) is 44.0 Å². The Morgan fingerprint density at radius 2 is 1.24 bits per heavy atom. The Balaban J connectivity index is 0.000000190. The largest absolute Gasteiger partial charge is 0.416 e. The molecular formula is C43H32Br2F3N7. The first-order valence-corrected chi connectivity index (χ1v) is 18.7. The van der Waals surface area contributed by atoms with E-state index in [0.717, 1.165) is 78.4 Å². The highest BCUT2D eigenvalue weighted by Gasteiger charge is 2.30. The Morgan fingerprint density at radius 1 is 0.727 bits per heavy atom. The van der Waals surface area contributed by atoms with E-state index in [9.17, 15) is 23.7 Å². The number of hydrogen-bond acceptors (Lipinski definition) is 5. The molecule has 274 valence electrons. The lowest BCUT2D eigenvalue weighted by atomic mass is 9.97. The molecule has 0 atom stereocenters. The summed E-state index contributed by atoms with van der Waals surface area (Å²) in [6.07, 6.45) is 9.65. The molecule has 7 nitrogen and oxygen atoms in total. The van der Waals surface area contributed by atoms with Crippen molar-refractivity contribution in [1.82, 2.24) is 19.9 Å². The number of fused-ring (bicyclic) bond motifs is 2. The quantitative estimate of drug-likeness (QED) is 0.148. The van der Waals surface area contributed by atoms with Crippen molar-refractivity contribution in [2.24, 2.45) is 0 Å². The van der Waals surface area contributed by atoms with E-state index in [1.807, 2.05) is 60.9 Å². The Kier molecular flexibility index (Phi) is 12.0. The monoisotopic (exact) mass is 861 g/mol.